The maximum atomic E-state index is 12.2. The number of benzene rings is 1. The highest BCUT2D eigenvalue weighted by atomic mass is 35.5. The molecule has 1 heterocycles. The number of halogens is 1. The smallest absolute Gasteiger partial charge is 0.283 e. The Morgan fingerprint density at radius 2 is 1.91 bits per heavy atom. The Bertz CT molecular complexity index is 793. The second kappa shape index (κ2) is 6.42. The first-order chi connectivity index (χ1) is 10.7. The zero-order chi connectivity index (χ0) is 17.2. The van der Waals surface area contributed by atoms with Crippen molar-refractivity contribution in [2.45, 2.75) is 33.2 Å². The van der Waals surface area contributed by atoms with Crippen LogP contribution in [0.15, 0.2) is 35.3 Å². The van der Waals surface area contributed by atoms with E-state index in [4.69, 9.17) is 21.4 Å². The van der Waals surface area contributed by atoms with Crippen LogP contribution in [0.2, 0.25) is 5.02 Å². The van der Waals surface area contributed by atoms with Gasteiger partial charge in [0.25, 0.3) is 5.56 Å². The van der Waals surface area contributed by atoms with E-state index >= 15 is 0 Å². The molecule has 0 saturated heterocycles. The van der Waals surface area contributed by atoms with Gasteiger partial charge in [-0.25, -0.2) is 14.4 Å². The summed E-state index contributed by atoms with van der Waals surface area (Å²) in [7, 11) is 0. The molecule has 1 aromatic heterocycles. The Hall–Kier alpha value is -2.34. The highest BCUT2D eigenvalue weighted by Gasteiger charge is 2.21. The van der Waals surface area contributed by atoms with E-state index in [1.54, 1.807) is 31.2 Å². The number of hydrogen-bond donors (Lipinski definition) is 0. The van der Waals surface area contributed by atoms with Crippen molar-refractivity contribution >= 4 is 17.6 Å². The summed E-state index contributed by atoms with van der Waals surface area (Å²) in [5.41, 5.74) is 0.0496. The molecule has 0 bridgehead atoms. The molecule has 0 saturated carbocycles. The van der Waals surface area contributed by atoms with Crippen LogP contribution in [0.1, 0.15) is 36.7 Å². The van der Waals surface area contributed by atoms with Gasteiger partial charge in [0.1, 0.15) is 0 Å². The number of carbonyl (C=O) groups is 1. The summed E-state index contributed by atoms with van der Waals surface area (Å²) in [6.45, 7) is 7.22. The molecule has 122 valence electrons. The molecule has 0 fully saturated rings. The molecule has 0 N–H and O–H groups in total. The van der Waals surface area contributed by atoms with Gasteiger partial charge < -0.3 is 0 Å². The number of hydrogen-bond acceptors (Lipinski definition) is 5. The lowest BCUT2D eigenvalue weighted by Crippen LogP contribution is -2.36. The Morgan fingerprint density at radius 3 is 2.52 bits per heavy atom. The van der Waals surface area contributed by atoms with Gasteiger partial charge in [-0.1, -0.05) is 29.8 Å². The van der Waals surface area contributed by atoms with Gasteiger partial charge in [-0.2, -0.15) is 5.10 Å². The van der Waals surface area contributed by atoms with E-state index in [9.17, 15) is 9.59 Å². The lowest BCUT2D eigenvalue weighted by Gasteiger charge is -2.20. The fraction of sp³-hybridized carbons (Fsp3) is 0.312. The largest absolute Gasteiger partial charge is 0.386 e. The van der Waals surface area contributed by atoms with Crippen LogP contribution < -0.4 is 10.4 Å². The van der Waals surface area contributed by atoms with E-state index in [2.05, 4.69) is 5.10 Å². The predicted molar refractivity (Wildman–Crippen MR) is 85.7 cm³/mol. The summed E-state index contributed by atoms with van der Waals surface area (Å²) < 4.78 is 1.23. The van der Waals surface area contributed by atoms with Crippen molar-refractivity contribution in [3.8, 4) is 5.75 Å². The summed E-state index contributed by atoms with van der Waals surface area (Å²) >= 11 is 5.98. The molecule has 1 aromatic carbocycles. The predicted octanol–water partition coefficient (Wildman–Crippen LogP) is 3.11. The molecule has 0 aliphatic heterocycles. The summed E-state index contributed by atoms with van der Waals surface area (Å²) in [4.78, 5) is 33.8. The van der Waals surface area contributed by atoms with Crippen LogP contribution in [-0.4, -0.2) is 15.7 Å². The molecule has 2 rings (SSSR count). The summed E-state index contributed by atoms with van der Waals surface area (Å²) in [6, 6.07) is 6.90. The van der Waals surface area contributed by atoms with Crippen molar-refractivity contribution in [3.63, 3.8) is 0 Å². The number of aromatic nitrogens is 2. The van der Waals surface area contributed by atoms with Crippen LogP contribution in [0.4, 0.5) is 0 Å². The molecule has 0 atom stereocenters. The zero-order valence-corrected chi connectivity index (χ0v) is 14.0. The highest BCUT2D eigenvalue weighted by molar-refractivity contribution is 6.31. The SMILES string of the molecule is Cc1ccccc1C(=O)OOc1cnn(C(C)(C)C)c(=O)c1Cl. The second-order valence-electron chi connectivity index (χ2n) is 5.98. The molecule has 2 aromatic rings. The molecule has 0 amide bonds. The van der Waals surface area contributed by atoms with Crippen molar-refractivity contribution in [3.05, 3.63) is 57.0 Å². The molecule has 0 aliphatic rings. The van der Waals surface area contributed by atoms with Crippen molar-refractivity contribution < 1.29 is 14.6 Å². The van der Waals surface area contributed by atoms with Crippen LogP contribution >= 0.6 is 11.6 Å². The summed E-state index contributed by atoms with van der Waals surface area (Å²) in [5.74, 6) is -0.793. The standard InChI is InChI=1S/C16H17ClN2O4/c1-10-7-5-6-8-11(10)15(21)23-22-12-9-18-19(16(2,3)4)14(20)13(12)17/h5-9H,1-4H3. The number of carbonyl (C=O) groups excluding carboxylic acids is 1. The average molecular weight is 337 g/mol. The fourth-order valence-corrected chi connectivity index (χ4v) is 2.04. The highest BCUT2D eigenvalue weighted by Crippen LogP contribution is 2.21. The first kappa shape index (κ1) is 17.0. The van der Waals surface area contributed by atoms with Gasteiger partial charge in [-0.3, -0.25) is 9.68 Å². The van der Waals surface area contributed by atoms with E-state index in [1.165, 1.54) is 10.9 Å². The van der Waals surface area contributed by atoms with Gasteiger partial charge >= 0.3 is 5.97 Å². The van der Waals surface area contributed by atoms with Crippen LogP contribution in [0.5, 0.6) is 5.75 Å². The average Bonchev–Trinajstić information content (AvgIpc) is 2.47. The number of aryl methyl sites for hydroxylation is 1. The van der Waals surface area contributed by atoms with Crippen LogP contribution in [0.25, 0.3) is 0 Å². The molecule has 7 heteroatoms. The minimum atomic E-state index is -0.681. The Kier molecular flexibility index (Phi) is 4.75. The quantitative estimate of drug-likeness (QED) is 0.636. The van der Waals surface area contributed by atoms with E-state index in [0.29, 0.717) is 5.56 Å². The van der Waals surface area contributed by atoms with Crippen LogP contribution in [0.3, 0.4) is 0 Å². The van der Waals surface area contributed by atoms with Gasteiger partial charge in [-0.05, 0) is 39.3 Å². The fourth-order valence-electron chi connectivity index (χ4n) is 1.88. The lowest BCUT2D eigenvalue weighted by molar-refractivity contribution is -0.150. The van der Waals surface area contributed by atoms with Crippen molar-refractivity contribution in [2.75, 3.05) is 0 Å². The van der Waals surface area contributed by atoms with E-state index in [1.807, 2.05) is 20.8 Å². The molecular formula is C16H17ClN2O4. The Balaban J connectivity index is 2.19. The van der Waals surface area contributed by atoms with Gasteiger partial charge in [0, 0.05) is 0 Å². The van der Waals surface area contributed by atoms with Crippen LogP contribution in [-0.2, 0) is 10.4 Å². The molecule has 0 unspecified atom stereocenters. The normalized spacial score (nSPS) is 11.2. The van der Waals surface area contributed by atoms with Gasteiger partial charge in [0.15, 0.2) is 5.02 Å². The van der Waals surface area contributed by atoms with E-state index in [-0.39, 0.29) is 10.8 Å². The summed E-state index contributed by atoms with van der Waals surface area (Å²) in [5, 5.41) is 3.78. The molecule has 0 radical (unpaired) electrons. The second-order valence-corrected chi connectivity index (χ2v) is 6.36. The topological polar surface area (TPSA) is 70.4 Å². The third-order valence-corrected chi connectivity index (χ3v) is 3.44. The maximum Gasteiger partial charge on any atom is 0.386 e. The third-order valence-electron chi connectivity index (χ3n) is 3.09. The minimum absolute atomic E-state index is 0.112. The minimum Gasteiger partial charge on any atom is -0.283 e. The third kappa shape index (κ3) is 3.71. The maximum absolute atomic E-state index is 12.2. The molecule has 0 spiro atoms. The van der Waals surface area contributed by atoms with Gasteiger partial charge in [-0.15, -0.1) is 0 Å². The first-order valence-corrected chi connectivity index (χ1v) is 7.32. The zero-order valence-electron chi connectivity index (χ0n) is 13.3. The number of rotatable bonds is 3. The van der Waals surface area contributed by atoms with Gasteiger partial charge in [0.05, 0.1) is 17.3 Å². The molecule has 0 aliphatic carbocycles. The van der Waals surface area contributed by atoms with Crippen LogP contribution in [0, 0.1) is 6.92 Å². The monoisotopic (exact) mass is 336 g/mol. The Morgan fingerprint density at radius 1 is 1.26 bits per heavy atom. The van der Waals surface area contributed by atoms with Gasteiger partial charge in [0.2, 0.25) is 5.75 Å². The van der Waals surface area contributed by atoms with Crippen molar-refractivity contribution in [1.29, 1.82) is 0 Å². The lowest BCUT2D eigenvalue weighted by atomic mass is 10.1. The molecule has 6 nitrogen and oxygen atoms in total. The molecule has 23 heavy (non-hydrogen) atoms. The molecular weight excluding hydrogens is 320 g/mol. The summed E-state index contributed by atoms with van der Waals surface area (Å²) in [6.07, 6.45) is 1.24. The van der Waals surface area contributed by atoms with E-state index < -0.39 is 17.1 Å². The first-order valence-electron chi connectivity index (χ1n) is 6.94. The van der Waals surface area contributed by atoms with Crippen molar-refractivity contribution in [2.24, 2.45) is 0 Å². The van der Waals surface area contributed by atoms with E-state index in [0.717, 1.165) is 5.56 Å². The van der Waals surface area contributed by atoms with Crippen molar-refractivity contribution in [1.82, 2.24) is 9.78 Å². The number of nitrogens with zero attached hydrogens (tertiary/aromatic N) is 2. The Labute approximate surface area is 138 Å².